The van der Waals surface area contributed by atoms with Gasteiger partial charge in [0, 0.05) is 11.8 Å². The second-order valence-corrected chi connectivity index (χ2v) is 6.80. The van der Waals surface area contributed by atoms with Crippen molar-refractivity contribution in [3.05, 3.63) is 47.5 Å². The predicted molar refractivity (Wildman–Crippen MR) is 99.1 cm³/mol. The minimum atomic E-state index is -1.37. The monoisotopic (exact) mass is 372 g/mol. The number of aromatic nitrogens is 3. The Morgan fingerprint density at radius 3 is 2.76 bits per heavy atom. The van der Waals surface area contributed by atoms with E-state index in [0.717, 1.165) is 34.3 Å². The van der Waals surface area contributed by atoms with Gasteiger partial charge >= 0.3 is 29.6 Å². The molecule has 9 heteroatoms. The summed E-state index contributed by atoms with van der Waals surface area (Å²) >= 11 is -1.37. The molecule has 2 unspecified atom stereocenters. The summed E-state index contributed by atoms with van der Waals surface area (Å²) < 4.78 is 25.3. The van der Waals surface area contributed by atoms with Crippen LogP contribution in [0.15, 0.2) is 30.5 Å². The van der Waals surface area contributed by atoms with E-state index in [9.17, 15) is 4.55 Å². The van der Waals surface area contributed by atoms with Gasteiger partial charge in [-0.15, -0.1) is 4.31 Å². The summed E-state index contributed by atoms with van der Waals surface area (Å²) in [4.78, 5) is 11.7. The summed E-state index contributed by atoms with van der Waals surface area (Å²) in [5, 5.41) is 0. The number of aromatic amines is 1. The Balaban J connectivity index is 0.00000225. The molecule has 2 atom stereocenters. The summed E-state index contributed by atoms with van der Waals surface area (Å²) in [6, 6.07) is 1.79. The molecule has 25 heavy (non-hydrogen) atoms. The van der Waals surface area contributed by atoms with E-state index in [-0.39, 0.29) is 41.2 Å². The normalized spacial score (nSPS) is 17.2. The molecule has 7 nitrogen and oxygen atoms in total. The van der Waals surface area contributed by atoms with E-state index >= 15 is 0 Å². The minimum absolute atomic E-state index is 0. The van der Waals surface area contributed by atoms with Gasteiger partial charge in [0.05, 0.1) is 55.4 Å². The number of allylic oxidation sites excluding steroid dienone is 1. The van der Waals surface area contributed by atoms with Gasteiger partial charge in [-0.2, -0.15) is 0 Å². The fourth-order valence-electron chi connectivity index (χ4n) is 2.72. The number of pyridine rings is 1. The molecule has 0 spiro atoms. The van der Waals surface area contributed by atoms with E-state index in [4.69, 9.17) is 9.47 Å². The molecule has 0 aliphatic carbocycles. The Bertz CT molecular complexity index is 768. The molecule has 1 aliphatic rings. The zero-order valence-corrected chi connectivity index (χ0v) is 14.9. The molecule has 1 N–H and O–H groups in total. The van der Waals surface area contributed by atoms with Crippen LogP contribution in [0.3, 0.4) is 0 Å². The zero-order chi connectivity index (χ0) is 17.3. The number of rotatable bonds is 5. The van der Waals surface area contributed by atoms with E-state index in [2.05, 4.69) is 15.0 Å². The molecule has 3 heterocycles. The van der Waals surface area contributed by atoms with Crippen molar-refractivity contribution in [1.29, 1.82) is 0 Å². The van der Waals surface area contributed by atoms with Crippen molar-refractivity contribution in [3.8, 4) is 5.75 Å². The standard InChI is InChI=1S/C16H20N4O3S.Na.H/c1-10-12(17-6-5-13(10)22-3)8-24(21)20-7-14(23-4)11(2)15-16(20)19-9-18-15;;/h5-7,9,11H,8H2,1-4H3,(H,18,19);;. The number of methoxy groups -OCH3 is 2. The van der Waals surface area contributed by atoms with Gasteiger partial charge in [-0.1, -0.05) is 0 Å². The van der Waals surface area contributed by atoms with Gasteiger partial charge < -0.3 is 19.0 Å². The maximum atomic E-state index is 13.0. The Morgan fingerprint density at radius 2 is 2.08 bits per heavy atom. The molecule has 0 fully saturated rings. The van der Waals surface area contributed by atoms with Gasteiger partial charge in [-0.25, -0.2) is 4.98 Å². The predicted octanol–water partition coefficient (Wildman–Crippen LogP) is 1.75. The fourth-order valence-corrected chi connectivity index (χ4v) is 3.96. The van der Waals surface area contributed by atoms with Crippen LogP contribution in [0.1, 0.15) is 29.8 Å². The number of H-pyrrole nitrogens is 1. The van der Waals surface area contributed by atoms with Crippen molar-refractivity contribution < 1.29 is 14.0 Å². The van der Waals surface area contributed by atoms with Crippen LogP contribution in [-0.2, 0) is 21.9 Å². The second kappa shape index (κ2) is 8.46. The van der Waals surface area contributed by atoms with Crippen LogP contribution >= 0.6 is 0 Å². The van der Waals surface area contributed by atoms with E-state index in [1.807, 2.05) is 13.8 Å². The number of anilines is 1. The first-order chi connectivity index (χ1) is 11.6. The van der Waals surface area contributed by atoms with Crippen molar-refractivity contribution in [2.75, 3.05) is 18.5 Å². The number of hydrogen-bond donors (Lipinski definition) is 1. The Kier molecular flexibility index (Phi) is 6.81. The molecule has 0 aromatic carbocycles. The molecule has 2 aromatic rings. The van der Waals surface area contributed by atoms with Gasteiger partial charge in [0.2, 0.25) is 0 Å². The van der Waals surface area contributed by atoms with E-state index in [1.165, 1.54) is 0 Å². The molecular formula is C16H21N4NaO3S. The summed E-state index contributed by atoms with van der Waals surface area (Å²) in [5.41, 5.74) is 2.44. The third-order valence-corrected chi connectivity index (χ3v) is 5.39. The topological polar surface area (TPSA) is 86.3 Å². The molecule has 0 bridgehead atoms. The van der Waals surface area contributed by atoms with Crippen LogP contribution in [-0.4, -0.2) is 63.3 Å². The zero-order valence-electron chi connectivity index (χ0n) is 14.1. The number of nitrogens with zero attached hydrogens (tertiary/aromatic N) is 3. The second-order valence-electron chi connectivity index (χ2n) is 5.47. The summed E-state index contributed by atoms with van der Waals surface area (Å²) in [7, 11) is 3.22. The van der Waals surface area contributed by atoms with Crippen LogP contribution in [0.2, 0.25) is 0 Å². The van der Waals surface area contributed by atoms with Crippen LogP contribution < -0.4 is 9.04 Å². The summed E-state index contributed by atoms with van der Waals surface area (Å²) in [6.07, 6.45) is 5.03. The van der Waals surface area contributed by atoms with Crippen LogP contribution in [0.4, 0.5) is 5.82 Å². The summed E-state index contributed by atoms with van der Waals surface area (Å²) in [5.74, 6) is 2.46. The average molecular weight is 372 g/mol. The number of nitrogens with one attached hydrogen (secondary N) is 1. The Hall–Kier alpha value is -1.19. The summed E-state index contributed by atoms with van der Waals surface area (Å²) in [6.45, 7) is 3.91. The Morgan fingerprint density at radius 1 is 1.32 bits per heavy atom. The van der Waals surface area contributed by atoms with Gasteiger partial charge in [-0.05, 0) is 19.9 Å². The van der Waals surface area contributed by atoms with Crippen LogP contribution in [0, 0.1) is 6.92 Å². The van der Waals surface area contributed by atoms with E-state index in [1.54, 1.807) is 43.3 Å². The number of ether oxygens (including phenoxy) is 2. The molecule has 0 saturated carbocycles. The molecule has 0 amide bonds. The quantitative estimate of drug-likeness (QED) is 0.636. The number of imidazole rings is 1. The van der Waals surface area contributed by atoms with Crippen LogP contribution in [0.25, 0.3) is 0 Å². The van der Waals surface area contributed by atoms with Crippen molar-refractivity contribution in [1.82, 2.24) is 15.0 Å². The number of fused-ring (bicyclic) bond motifs is 1. The number of hydrogen-bond acceptors (Lipinski definition) is 6. The molecule has 0 saturated heterocycles. The van der Waals surface area contributed by atoms with Crippen LogP contribution in [0.5, 0.6) is 5.75 Å². The van der Waals surface area contributed by atoms with Gasteiger partial charge in [-0.3, -0.25) is 4.98 Å². The molecule has 3 rings (SSSR count). The first kappa shape index (κ1) is 20.1. The Labute approximate surface area is 172 Å². The van der Waals surface area contributed by atoms with E-state index in [0.29, 0.717) is 0 Å². The first-order valence-electron chi connectivity index (χ1n) is 7.52. The SMILES string of the molecule is COC1=CN([S+]([O-])Cc2nccc(OC)c2C)c2[nH]cnc2C1C.[NaH]. The van der Waals surface area contributed by atoms with Gasteiger partial charge in [0.25, 0.3) is 0 Å². The van der Waals surface area contributed by atoms with Crippen molar-refractivity contribution in [3.63, 3.8) is 0 Å². The maximum absolute atomic E-state index is 13.0. The molecular weight excluding hydrogens is 351 g/mol. The third kappa shape index (κ3) is 3.83. The molecule has 0 radical (unpaired) electrons. The van der Waals surface area contributed by atoms with E-state index < -0.39 is 11.4 Å². The molecule has 1 aliphatic heterocycles. The molecule has 2 aromatic heterocycles. The molecule has 130 valence electrons. The van der Waals surface area contributed by atoms with Gasteiger partial charge in [0.15, 0.2) is 11.6 Å². The average Bonchev–Trinajstić information content (AvgIpc) is 3.07. The third-order valence-electron chi connectivity index (χ3n) is 4.14. The van der Waals surface area contributed by atoms with Crippen molar-refractivity contribution in [2.24, 2.45) is 0 Å². The van der Waals surface area contributed by atoms with Crippen molar-refractivity contribution in [2.45, 2.75) is 25.5 Å². The van der Waals surface area contributed by atoms with Gasteiger partial charge in [0.1, 0.15) is 11.5 Å². The van der Waals surface area contributed by atoms with Crippen molar-refractivity contribution >= 4 is 46.7 Å². The first-order valence-corrected chi connectivity index (χ1v) is 8.79. The fraction of sp³-hybridized carbons (Fsp3) is 0.375.